The monoisotopic (exact) mass is 634 g/mol. The number of nitriles is 1. The predicted molar refractivity (Wildman–Crippen MR) is 198 cm³/mol. The van der Waals surface area contributed by atoms with Crippen LogP contribution in [0.1, 0.15) is 36.6 Å². The van der Waals surface area contributed by atoms with E-state index in [2.05, 4.69) is 152 Å². The summed E-state index contributed by atoms with van der Waals surface area (Å²) in [6.45, 7) is 4.35. The smallest absolute Gasteiger partial charge is 0.139 e. The van der Waals surface area contributed by atoms with Gasteiger partial charge in [0.15, 0.2) is 0 Å². The molecule has 4 aliphatic rings. The molecule has 4 aromatic carbocycles. The first-order valence-corrected chi connectivity index (χ1v) is 17.2. The maximum Gasteiger partial charge on any atom is 0.139 e. The third-order valence-electron chi connectivity index (χ3n) is 11.1. The van der Waals surface area contributed by atoms with E-state index in [0.29, 0.717) is 5.92 Å². The molecule has 0 bridgehead atoms. The van der Waals surface area contributed by atoms with E-state index < -0.39 is 5.41 Å². The Balaban J connectivity index is 1.11. The van der Waals surface area contributed by atoms with Crippen molar-refractivity contribution in [3.8, 4) is 22.9 Å². The Morgan fingerprint density at radius 3 is 2.57 bits per heavy atom. The number of allylic oxidation sites excluding steroid dienone is 7. The summed E-state index contributed by atoms with van der Waals surface area (Å²) in [4.78, 5) is 0. The van der Waals surface area contributed by atoms with Crippen molar-refractivity contribution >= 4 is 44.6 Å². The Labute approximate surface area is 285 Å². The maximum atomic E-state index is 10.8. The van der Waals surface area contributed by atoms with Crippen molar-refractivity contribution in [1.82, 2.24) is 4.57 Å². The molecule has 2 aromatic heterocycles. The second-order valence-electron chi connectivity index (χ2n) is 14.2. The summed E-state index contributed by atoms with van der Waals surface area (Å²) in [6.07, 6.45) is 18.6. The van der Waals surface area contributed by atoms with Crippen LogP contribution in [-0.4, -0.2) is 10.7 Å². The highest BCUT2D eigenvalue weighted by Crippen LogP contribution is 2.52. The van der Waals surface area contributed by atoms with Gasteiger partial charge in [-0.3, -0.25) is 0 Å². The van der Waals surface area contributed by atoms with Gasteiger partial charge in [0.2, 0.25) is 0 Å². The molecule has 4 nitrogen and oxygen atoms in total. The number of benzene rings is 4. The number of rotatable bonds is 3. The molecule has 0 amide bonds. The number of furan rings is 1. The molecule has 5 unspecified atom stereocenters. The maximum absolute atomic E-state index is 10.8. The van der Waals surface area contributed by atoms with E-state index in [1.54, 1.807) is 0 Å². The molecule has 3 heterocycles. The van der Waals surface area contributed by atoms with Gasteiger partial charge >= 0.3 is 0 Å². The normalized spacial score (nSPS) is 25.1. The summed E-state index contributed by atoms with van der Waals surface area (Å²) in [5.41, 5.74) is 10.6. The number of ether oxygens (including phenoxy) is 1. The molecular formula is C45H34N2O2. The van der Waals surface area contributed by atoms with Crippen molar-refractivity contribution in [1.29, 1.82) is 5.26 Å². The predicted octanol–water partition coefficient (Wildman–Crippen LogP) is 11.0. The van der Waals surface area contributed by atoms with Gasteiger partial charge in [-0.05, 0) is 72.4 Å². The van der Waals surface area contributed by atoms with E-state index in [4.69, 9.17) is 9.15 Å². The number of para-hydroxylation sites is 1. The van der Waals surface area contributed by atoms with Crippen LogP contribution in [-0.2, 0) is 6.42 Å². The molecule has 6 aromatic rings. The first kappa shape index (κ1) is 28.2. The molecule has 5 atom stereocenters. The van der Waals surface area contributed by atoms with Gasteiger partial charge in [-0.25, -0.2) is 0 Å². The van der Waals surface area contributed by atoms with E-state index in [0.717, 1.165) is 50.9 Å². The minimum atomic E-state index is -0.734. The molecule has 1 aliphatic heterocycles. The van der Waals surface area contributed by atoms with Gasteiger partial charge in [-0.2, -0.15) is 5.26 Å². The molecule has 0 radical (unpaired) electrons. The Morgan fingerprint density at radius 2 is 1.69 bits per heavy atom. The fraction of sp³-hybridized carbons (Fsp3) is 0.178. The minimum Gasteiger partial charge on any atom is -0.485 e. The van der Waals surface area contributed by atoms with Crippen LogP contribution in [0, 0.1) is 28.6 Å². The van der Waals surface area contributed by atoms with Crippen molar-refractivity contribution in [2.75, 3.05) is 0 Å². The van der Waals surface area contributed by atoms with Crippen LogP contribution in [0.5, 0.6) is 5.75 Å². The Morgan fingerprint density at radius 1 is 0.857 bits per heavy atom. The number of aromatic nitrogens is 1. The molecule has 3 aliphatic carbocycles. The van der Waals surface area contributed by atoms with Gasteiger partial charge in [-0.1, -0.05) is 98.0 Å². The van der Waals surface area contributed by atoms with Crippen molar-refractivity contribution in [2.24, 2.45) is 17.3 Å². The van der Waals surface area contributed by atoms with E-state index in [-0.39, 0.29) is 17.9 Å². The van der Waals surface area contributed by atoms with Crippen LogP contribution in [0.4, 0.5) is 0 Å². The molecule has 0 spiro atoms. The Kier molecular flexibility index (Phi) is 5.97. The molecule has 0 saturated carbocycles. The van der Waals surface area contributed by atoms with Gasteiger partial charge in [0.05, 0.1) is 17.0 Å². The van der Waals surface area contributed by atoms with E-state index in [9.17, 15) is 5.26 Å². The average Bonchev–Trinajstić information content (AvgIpc) is 3.78. The summed E-state index contributed by atoms with van der Waals surface area (Å²) in [5, 5.41) is 14.2. The molecular weight excluding hydrogens is 601 g/mol. The Bertz CT molecular complexity index is 2570. The fourth-order valence-electron chi connectivity index (χ4n) is 8.70. The lowest BCUT2D eigenvalue weighted by atomic mass is 9.68. The average molecular weight is 635 g/mol. The van der Waals surface area contributed by atoms with Crippen molar-refractivity contribution < 1.29 is 9.15 Å². The van der Waals surface area contributed by atoms with Crippen LogP contribution in [0.2, 0.25) is 0 Å². The summed E-state index contributed by atoms with van der Waals surface area (Å²) >= 11 is 0. The zero-order valence-corrected chi connectivity index (χ0v) is 27.4. The number of nitrogens with zero attached hydrogens (tertiary/aromatic N) is 2. The highest BCUT2D eigenvalue weighted by Gasteiger charge is 2.43. The van der Waals surface area contributed by atoms with Crippen molar-refractivity contribution in [2.45, 2.75) is 32.3 Å². The van der Waals surface area contributed by atoms with Gasteiger partial charge in [0, 0.05) is 56.6 Å². The quantitative estimate of drug-likeness (QED) is 0.195. The van der Waals surface area contributed by atoms with Crippen LogP contribution in [0.3, 0.4) is 0 Å². The van der Waals surface area contributed by atoms with Crippen molar-refractivity contribution in [3.05, 3.63) is 150 Å². The lowest BCUT2D eigenvalue weighted by Gasteiger charge is -2.37. The minimum absolute atomic E-state index is 0.0232. The second-order valence-corrected chi connectivity index (χ2v) is 14.2. The Hall–Kier alpha value is -5.79. The molecule has 4 heteroatoms. The zero-order chi connectivity index (χ0) is 32.9. The van der Waals surface area contributed by atoms with Crippen LogP contribution < -0.4 is 4.74 Å². The number of hydrogen-bond acceptors (Lipinski definition) is 3. The second kappa shape index (κ2) is 10.4. The largest absolute Gasteiger partial charge is 0.485 e. The summed E-state index contributed by atoms with van der Waals surface area (Å²) in [7, 11) is 0. The first-order chi connectivity index (χ1) is 24.0. The molecule has 0 fully saturated rings. The summed E-state index contributed by atoms with van der Waals surface area (Å²) in [6, 6.07) is 32.6. The van der Waals surface area contributed by atoms with Gasteiger partial charge < -0.3 is 13.7 Å². The van der Waals surface area contributed by atoms with E-state index >= 15 is 0 Å². The van der Waals surface area contributed by atoms with Crippen LogP contribution in [0.15, 0.2) is 137 Å². The topological polar surface area (TPSA) is 51.1 Å². The molecule has 49 heavy (non-hydrogen) atoms. The lowest BCUT2D eigenvalue weighted by Crippen LogP contribution is -2.32. The summed E-state index contributed by atoms with van der Waals surface area (Å²) in [5.74, 6) is 1.16. The van der Waals surface area contributed by atoms with Gasteiger partial charge in [-0.15, -0.1) is 0 Å². The number of hydrogen-bond donors (Lipinski definition) is 0. The van der Waals surface area contributed by atoms with Crippen molar-refractivity contribution in [3.63, 3.8) is 0 Å². The first-order valence-electron chi connectivity index (χ1n) is 17.2. The number of fused-ring (bicyclic) bond motifs is 9. The third-order valence-corrected chi connectivity index (χ3v) is 11.1. The highest BCUT2D eigenvalue weighted by atomic mass is 16.5. The van der Waals surface area contributed by atoms with E-state index in [1.165, 1.54) is 33.3 Å². The lowest BCUT2D eigenvalue weighted by molar-refractivity contribution is 0.267. The molecule has 10 rings (SSSR count). The SMILES string of the molecule is CC1C=Cc2c(n(C3=CC=CC(C)(C#N)C3C3=CC4c5cc6c(cc5OC4C=C3)oc3ccc(-c4ccccc4)cc36)c3ccccc23)C1. The zero-order valence-electron chi connectivity index (χ0n) is 27.4. The summed E-state index contributed by atoms with van der Waals surface area (Å²) < 4.78 is 15.4. The van der Waals surface area contributed by atoms with Crippen LogP contribution in [0.25, 0.3) is 55.7 Å². The molecule has 0 N–H and O–H groups in total. The van der Waals surface area contributed by atoms with E-state index in [1.807, 2.05) is 6.07 Å². The standard InChI is InChI=1S/C45H34N2O2/c1-27-14-17-32-31-11-6-7-12-37(31)47(39(32)21-27)38-13-8-20-45(2,26-46)44(38)30-16-19-41-34(23-30)36-24-35-33-22-29(28-9-4-3-5-10-28)15-18-40(33)48-42(35)25-43(36)49-41/h3-20,22-25,27,34,41,44H,21H2,1-2H3. The fourth-order valence-corrected chi connectivity index (χ4v) is 8.70. The van der Waals surface area contributed by atoms with Gasteiger partial charge in [0.1, 0.15) is 23.0 Å². The van der Waals surface area contributed by atoms with Crippen LogP contribution >= 0.6 is 0 Å². The van der Waals surface area contributed by atoms with Gasteiger partial charge in [0.25, 0.3) is 0 Å². The highest BCUT2D eigenvalue weighted by molar-refractivity contribution is 6.07. The molecule has 0 saturated heterocycles. The third kappa shape index (κ3) is 4.15. The molecule has 236 valence electrons.